The minimum absolute atomic E-state index is 0.0602. The van der Waals surface area contributed by atoms with Crippen molar-refractivity contribution in [3.05, 3.63) is 0 Å². The molecule has 1 amide bonds. The summed E-state index contributed by atoms with van der Waals surface area (Å²) in [5, 5.41) is 19.6. The second-order valence-electron chi connectivity index (χ2n) is 4.99. The van der Waals surface area contributed by atoms with E-state index in [4.69, 9.17) is 10.2 Å². The minimum atomic E-state index is -1.20. The number of carboxylic acid groups (broad SMARTS) is 2. The van der Waals surface area contributed by atoms with Gasteiger partial charge in [0.1, 0.15) is 6.42 Å². The summed E-state index contributed by atoms with van der Waals surface area (Å²) in [6, 6.07) is -0.356. The van der Waals surface area contributed by atoms with Crippen molar-refractivity contribution in [2.75, 3.05) is 0 Å². The van der Waals surface area contributed by atoms with Crippen molar-refractivity contribution < 1.29 is 24.6 Å². The third-order valence-corrected chi connectivity index (χ3v) is 2.34. The fourth-order valence-corrected chi connectivity index (χ4v) is 1.37. The van der Waals surface area contributed by atoms with Crippen LogP contribution in [0, 0.1) is 5.41 Å². The van der Waals surface area contributed by atoms with Crippen molar-refractivity contribution in [2.24, 2.45) is 5.41 Å². The molecule has 0 aromatic carbocycles. The lowest BCUT2D eigenvalue weighted by Crippen LogP contribution is -2.44. The van der Waals surface area contributed by atoms with Crippen LogP contribution < -0.4 is 5.32 Å². The maximum Gasteiger partial charge on any atom is 0.312 e. The van der Waals surface area contributed by atoms with Gasteiger partial charge in [0.2, 0.25) is 5.91 Å². The van der Waals surface area contributed by atoms with E-state index in [1.165, 1.54) is 0 Å². The van der Waals surface area contributed by atoms with Crippen LogP contribution in [0.25, 0.3) is 0 Å². The summed E-state index contributed by atoms with van der Waals surface area (Å²) in [6.07, 6.45) is -0.376. The van der Waals surface area contributed by atoms with E-state index in [2.05, 4.69) is 5.32 Å². The smallest absolute Gasteiger partial charge is 0.312 e. The van der Waals surface area contributed by atoms with E-state index in [0.717, 1.165) is 0 Å². The maximum atomic E-state index is 11.3. The summed E-state index contributed by atoms with van der Waals surface area (Å²) < 4.78 is 0. The summed E-state index contributed by atoms with van der Waals surface area (Å²) in [5.74, 6) is -2.73. The van der Waals surface area contributed by atoms with Crippen molar-refractivity contribution in [2.45, 2.75) is 46.1 Å². The van der Waals surface area contributed by atoms with Gasteiger partial charge in [-0.2, -0.15) is 0 Å². The van der Waals surface area contributed by atoms with E-state index in [-0.39, 0.29) is 24.3 Å². The van der Waals surface area contributed by atoms with Gasteiger partial charge in [-0.05, 0) is 11.8 Å². The predicted molar refractivity (Wildman–Crippen MR) is 60.5 cm³/mol. The van der Waals surface area contributed by atoms with Crippen molar-refractivity contribution >= 4 is 17.8 Å². The van der Waals surface area contributed by atoms with E-state index < -0.39 is 24.3 Å². The molecule has 3 N–H and O–H groups in total. The Kier molecular flexibility index (Phi) is 5.64. The molecule has 1 atom stereocenters. The molecule has 0 bridgehead atoms. The summed E-state index contributed by atoms with van der Waals surface area (Å²) >= 11 is 0. The van der Waals surface area contributed by atoms with Crippen molar-refractivity contribution in [3.63, 3.8) is 0 Å². The molecule has 0 aliphatic carbocycles. The molecule has 0 fully saturated rings. The molecule has 0 heterocycles. The van der Waals surface area contributed by atoms with Gasteiger partial charge in [0.25, 0.3) is 0 Å². The highest BCUT2D eigenvalue weighted by Crippen LogP contribution is 2.23. The van der Waals surface area contributed by atoms with Crippen LogP contribution in [-0.2, 0) is 14.4 Å². The van der Waals surface area contributed by atoms with Gasteiger partial charge in [0.15, 0.2) is 0 Å². The zero-order valence-electron chi connectivity index (χ0n) is 10.3. The van der Waals surface area contributed by atoms with Gasteiger partial charge in [-0.3, -0.25) is 14.4 Å². The molecular formula is C11H19NO5. The Morgan fingerprint density at radius 1 is 1.12 bits per heavy atom. The van der Waals surface area contributed by atoms with Crippen LogP contribution in [0.4, 0.5) is 0 Å². The number of hydrogen-bond acceptors (Lipinski definition) is 3. The second-order valence-corrected chi connectivity index (χ2v) is 4.99. The van der Waals surface area contributed by atoms with Crippen LogP contribution in [0.5, 0.6) is 0 Å². The first-order valence-corrected chi connectivity index (χ1v) is 5.36. The fraction of sp³-hybridized carbons (Fsp3) is 0.727. The number of carboxylic acids is 2. The molecule has 17 heavy (non-hydrogen) atoms. The molecule has 6 nitrogen and oxygen atoms in total. The SMILES string of the molecule is CC(C)(C)C(CCC(=O)O)NC(=O)CC(=O)O. The molecule has 0 rings (SSSR count). The lowest BCUT2D eigenvalue weighted by atomic mass is 9.84. The minimum Gasteiger partial charge on any atom is -0.481 e. The highest BCUT2D eigenvalue weighted by Gasteiger charge is 2.27. The number of aliphatic carboxylic acids is 2. The quantitative estimate of drug-likeness (QED) is 0.602. The van der Waals surface area contributed by atoms with Crippen molar-refractivity contribution in [1.82, 2.24) is 5.32 Å². The van der Waals surface area contributed by atoms with Crippen molar-refractivity contribution in [1.29, 1.82) is 0 Å². The first kappa shape index (κ1) is 15.4. The van der Waals surface area contributed by atoms with Crippen LogP contribution in [0.1, 0.15) is 40.0 Å². The second kappa shape index (κ2) is 6.22. The molecule has 98 valence electrons. The summed E-state index contributed by atoms with van der Waals surface area (Å²) in [6.45, 7) is 5.59. The van der Waals surface area contributed by atoms with Crippen LogP contribution in [-0.4, -0.2) is 34.1 Å². The third-order valence-electron chi connectivity index (χ3n) is 2.34. The molecule has 0 aliphatic rings. The lowest BCUT2D eigenvalue weighted by molar-refractivity contribution is -0.142. The summed E-state index contributed by atoms with van der Waals surface area (Å²) in [7, 11) is 0. The molecule has 0 saturated heterocycles. The Labute approximate surface area is 100 Å². The summed E-state index contributed by atoms with van der Waals surface area (Å²) in [4.78, 5) is 32.2. The number of carbonyl (C=O) groups excluding carboxylic acids is 1. The van der Waals surface area contributed by atoms with E-state index in [9.17, 15) is 14.4 Å². The van der Waals surface area contributed by atoms with Crippen LogP contribution in [0.3, 0.4) is 0 Å². The number of hydrogen-bond donors (Lipinski definition) is 3. The highest BCUT2D eigenvalue weighted by molar-refractivity contribution is 5.93. The number of amides is 1. The monoisotopic (exact) mass is 245 g/mol. The average molecular weight is 245 g/mol. The Bertz CT molecular complexity index is 305. The molecule has 0 saturated carbocycles. The Morgan fingerprint density at radius 3 is 2.00 bits per heavy atom. The summed E-state index contributed by atoms with van der Waals surface area (Å²) in [5.41, 5.74) is -0.316. The molecule has 0 spiro atoms. The molecular weight excluding hydrogens is 226 g/mol. The maximum absolute atomic E-state index is 11.3. The zero-order chi connectivity index (χ0) is 13.6. The van der Waals surface area contributed by atoms with Crippen LogP contribution in [0.15, 0.2) is 0 Å². The first-order chi connectivity index (χ1) is 7.62. The van der Waals surface area contributed by atoms with Crippen LogP contribution in [0.2, 0.25) is 0 Å². The largest absolute Gasteiger partial charge is 0.481 e. The van der Waals surface area contributed by atoms with Gasteiger partial charge < -0.3 is 15.5 Å². The zero-order valence-corrected chi connectivity index (χ0v) is 10.3. The predicted octanol–water partition coefficient (Wildman–Crippen LogP) is 0.857. The molecule has 0 radical (unpaired) electrons. The number of rotatable bonds is 6. The van der Waals surface area contributed by atoms with Crippen LogP contribution >= 0.6 is 0 Å². The molecule has 1 unspecified atom stereocenters. The Balaban J connectivity index is 4.44. The number of nitrogens with one attached hydrogen (secondary N) is 1. The molecule has 0 aromatic rings. The van der Waals surface area contributed by atoms with E-state index in [0.29, 0.717) is 0 Å². The fourth-order valence-electron chi connectivity index (χ4n) is 1.37. The van der Waals surface area contributed by atoms with Gasteiger partial charge in [-0.1, -0.05) is 20.8 Å². The van der Waals surface area contributed by atoms with Gasteiger partial charge in [-0.25, -0.2) is 0 Å². The molecule has 0 aliphatic heterocycles. The van der Waals surface area contributed by atoms with E-state index in [1.54, 1.807) is 0 Å². The first-order valence-electron chi connectivity index (χ1n) is 5.36. The number of carbonyl (C=O) groups is 3. The highest BCUT2D eigenvalue weighted by atomic mass is 16.4. The third kappa shape index (κ3) is 7.32. The molecule has 6 heteroatoms. The van der Waals surface area contributed by atoms with Crippen molar-refractivity contribution in [3.8, 4) is 0 Å². The average Bonchev–Trinajstić information content (AvgIpc) is 2.08. The van der Waals surface area contributed by atoms with E-state index in [1.807, 2.05) is 20.8 Å². The van der Waals surface area contributed by atoms with Gasteiger partial charge in [-0.15, -0.1) is 0 Å². The van der Waals surface area contributed by atoms with Gasteiger partial charge in [0.05, 0.1) is 0 Å². The normalized spacial score (nSPS) is 12.9. The lowest BCUT2D eigenvalue weighted by Gasteiger charge is -2.31. The van der Waals surface area contributed by atoms with E-state index >= 15 is 0 Å². The Morgan fingerprint density at radius 2 is 1.65 bits per heavy atom. The topological polar surface area (TPSA) is 104 Å². The molecule has 0 aromatic heterocycles. The Hall–Kier alpha value is -1.59. The standard InChI is InChI=1S/C11H19NO5/c1-11(2,3)7(4-5-9(14)15)12-8(13)6-10(16)17/h7H,4-6H2,1-3H3,(H,12,13)(H,14,15)(H,16,17). The van der Waals surface area contributed by atoms with Gasteiger partial charge >= 0.3 is 11.9 Å². The van der Waals surface area contributed by atoms with Gasteiger partial charge in [0, 0.05) is 12.5 Å².